The van der Waals surface area contributed by atoms with Gasteiger partial charge in [0.1, 0.15) is 23.1 Å². The summed E-state index contributed by atoms with van der Waals surface area (Å²) in [6.45, 7) is 3.75. The lowest BCUT2D eigenvalue weighted by Gasteiger charge is -2.48. The third-order valence-electron chi connectivity index (χ3n) is 7.30. The maximum atomic E-state index is 15.2. The molecule has 0 unspecified atom stereocenters. The van der Waals surface area contributed by atoms with Crippen molar-refractivity contribution in [2.45, 2.75) is 31.4 Å². The Hall–Kier alpha value is -3.47. The largest absolute Gasteiger partial charge is 0.486 e. The van der Waals surface area contributed by atoms with Crippen LogP contribution in [0.15, 0.2) is 42.9 Å². The third-order valence-corrected chi connectivity index (χ3v) is 7.91. The second-order valence-electron chi connectivity index (χ2n) is 10.1. The van der Waals surface area contributed by atoms with Crippen LogP contribution in [0.3, 0.4) is 0 Å². The van der Waals surface area contributed by atoms with Crippen LogP contribution >= 0.6 is 23.2 Å². The molecule has 0 saturated carbocycles. The number of nitrogens with two attached hydrogens (primary N) is 1. The first kappa shape index (κ1) is 25.8. The van der Waals surface area contributed by atoms with Gasteiger partial charge in [-0.05, 0) is 44.0 Å². The zero-order valence-corrected chi connectivity index (χ0v) is 22.6. The quantitative estimate of drug-likeness (QED) is 0.344. The van der Waals surface area contributed by atoms with Crippen LogP contribution in [0, 0.1) is 5.82 Å². The van der Waals surface area contributed by atoms with E-state index in [2.05, 4.69) is 20.2 Å². The predicted molar refractivity (Wildman–Crippen MR) is 148 cm³/mol. The Morgan fingerprint density at radius 2 is 1.87 bits per heavy atom. The van der Waals surface area contributed by atoms with Gasteiger partial charge in [0.15, 0.2) is 11.6 Å². The molecule has 3 N–H and O–H groups in total. The fraction of sp³-hybridized carbons (Fsp3) is 0.333. The highest BCUT2D eigenvalue weighted by Gasteiger charge is 2.49. The number of amides is 1. The number of anilines is 1. The molecule has 2 saturated heterocycles. The van der Waals surface area contributed by atoms with Crippen LogP contribution in [0.1, 0.15) is 31.4 Å². The molecule has 5 heterocycles. The number of nitrogens with one attached hydrogen (secondary N) is 1. The zero-order valence-electron chi connectivity index (χ0n) is 21.1. The Kier molecular flexibility index (Phi) is 6.57. The van der Waals surface area contributed by atoms with Crippen LogP contribution in [-0.4, -0.2) is 62.7 Å². The smallest absolute Gasteiger partial charge is 0.246 e. The number of benzene rings is 1. The molecule has 202 valence electrons. The number of nitrogens with zero attached hydrogens (tertiary/aromatic N) is 5. The first-order valence-corrected chi connectivity index (χ1v) is 13.4. The molecule has 9 nitrogen and oxygen atoms in total. The summed E-state index contributed by atoms with van der Waals surface area (Å²) in [5, 5.41) is 8.93. The number of H-pyrrole nitrogens is 1. The Balaban J connectivity index is 1.21. The minimum absolute atomic E-state index is 0.0721. The van der Waals surface area contributed by atoms with E-state index < -0.39 is 17.5 Å². The minimum atomic E-state index is -1.01. The molecule has 0 aliphatic carbocycles. The van der Waals surface area contributed by atoms with Gasteiger partial charge in [-0.1, -0.05) is 23.2 Å². The molecule has 12 heteroatoms. The molecule has 0 spiro atoms. The number of hydrogen-bond acceptors (Lipinski definition) is 7. The van der Waals surface area contributed by atoms with Crippen LogP contribution < -0.4 is 15.4 Å². The van der Waals surface area contributed by atoms with Gasteiger partial charge < -0.3 is 20.3 Å². The van der Waals surface area contributed by atoms with Gasteiger partial charge in [0, 0.05) is 61.3 Å². The number of carbonyl (C=O) groups excluding carboxylic acids is 1. The van der Waals surface area contributed by atoms with E-state index in [1.165, 1.54) is 18.5 Å². The summed E-state index contributed by atoms with van der Waals surface area (Å²) < 4.78 is 21.4. The average molecular weight is 570 g/mol. The number of likely N-dealkylation sites (tertiary alicyclic amines) is 1. The molecule has 0 radical (unpaired) electrons. The molecule has 0 bridgehead atoms. The van der Waals surface area contributed by atoms with E-state index in [4.69, 9.17) is 33.7 Å². The fourth-order valence-corrected chi connectivity index (χ4v) is 5.98. The Morgan fingerprint density at radius 3 is 2.56 bits per heavy atom. The molecule has 2 fully saturated rings. The number of hydrogen-bond donors (Lipinski definition) is 2. The molecule has 1 atom stereocenters. The third kappa shape index (κ3) is 4.66. The van der Waals surface area contributed by atoms with Crippen LogP contribution in [0.4, 0.5) is 10.2 Å². The maximum Gasteiger partial charge on any atom is 0.246 e. The summed E-state index contributed by atoms with van der Waals surface area (Å²) in [7, 11) is 0. The molecule has 3 aromatic heterocycles. The number of halogens is 3. The van der Waals surface area contributed by atoms with Gasteiger partial charge >= 0.3 is 0 Å². The van der Waals surface area contributed by atoms with E-state index in [0.717, 1.165) is 36.8 Å². The normalized spacial score (nSPS) is 17.4. The van der Waals surface area contributed by atoms with Crippen molar-refractivity contribution in [1.29, 1.82) is 0 Å². The Labute approximate surface area is 234 Å². The first-order chi connectivity index (χ1) is 18.7. The number of fused-ring (bicyclic) bond motifs is 1. The van der Waals surface area contributed by atoms with E-state index in [-0.39, 0.29) is 24.8 Å². The standard InChI is InChI=1S/C27H26Cl2FN7O2/c1-15(23-19(28)11-32-12-20(23)29)39-17-4-5-22-18(9-17)24(35-34-22)16-8-21(30)25(33-10-16)37-13-27(31,14-37)26(38)36-6-2-3-7-36/h4-5,8-12,15H,2-3,6-7,13-14,31H2,1H3,(H,34,35)/t15-/m1/s1. The van der Waals surface area contributed by atoms with Gasteiger partial charge in [-0.3, -0.25) is 14.9 Å². The highest BCUT2D eigenvalue weighted by molar-refractivity contribution is 6.35. The molecule has 1 aromatic carbocycles. The van der Waals surface area contributed by atoms with E-state index in [0.29, 0.717) is 32.6 Å². The number of pyridine rings is 2. The van der Waals surface area contributed by atoms with Crippen molar-refractivity contribution in [3.05, 3.63) is 64.3 Å². The highest BCUT2D eigenvalue weighted by Crippen LogP contribution is 2.36. The topological polar surface area (TPSA) is 113 Å². The molecular weight excluding hydrogens is 544 g/mol. The fourth-order valence-electron chi connectivity index (χ4n) is 5.31. The lowest BCUT2D eigenvalue weighted by molar-refractivity contribution is -0.136. The van der Waals surface area contributed by atoms with Crippen molar-refractivity contribution in [2.24, 2.45) is 5.73 Å². The molecule has 1 amide bonds. The number of aromatic nitrogens is 4. The predicted octanol–water partition coefficient (Wildman–Crippen LogP) is 4.75. The van der Waals surface area contributed by atoms with Gasteiger partial charge in [0.05, 0.1) is 15.6 Å². The minimum Gasteiger partial charge on any atom is -0.486 e. The van der Waals surface area contributed by atoms with Gasteiger partial charge in [-0.15, -0.1) is 0 Å². The molecule has 6 rings (SSSR count). The number of carbonyl (C=O) groups is 1. The Morgan fingerprint density at radius 1 is 1.15 bits per heavy atom. The van der Waals surface area contributed by atoms with Crippen molar-refractivity contribution in [1.82, 2.24) is 25.1 Å². The SMILES string of the molecule is C[C@@H](Oc1ccc2[nH]nc(-c3cnc(N4CC(N)(C(=O)N5CCCC5)C4)c(F)c3)c2c1)c1c(Cl)cncc1Cl. The van der Waals surface area contributed by atoms with Crippen LogP contribution in [0.2, 0.25) is 10.0 Å². The summed E-state index contributed by atoms with van der Waals surface area (Å²) in [5.41, 5.74) is 7.76. The van der Waals surface area contributed by atoms with E-state index in [1.807, 2.05) is 19.1 Å². The average Bonchev–Trinajstić information content (AvgIpc) is 3.57. The molecule has 39 heavy (non-hydrogen) atoms. The lowest BCUT2D eigenvalue weighted by atomic mass is 9.89. The van der Waals surface area contributed by atoms with Gasteiger partial charge in [0.2, 0.25) is 5.91 Å². The molecule has 2 aliphatic heterocycles. The van der Waals surface area contributed by atoms with Crippen molar-refractivity contribution in [3.63, 3.8) is 0 Å². The summed E-state index contributed by atoms with van der Waals surface area (Å²) in [4.78, 5) is 24.6. The van der Waals surface area contributed by atoms with E-state index in [9.17, 15) is 4.79 Å². The van der Waals surface area contributed by atoms with E-state index in [1.54, 1.807) is 22.1 Å². The molecule has 4 aromatic rings. The summed E-state index contributed by atoms with van der Waals surface area (Å²) >= 11 is 12.6. The number of ether oxygens (including phenoxy) is 1. The van der Waals surface area contributed by atoms with Crippen molar-refractivity contribution in [2.75, 3.05) is 31.1 Å². The van der Waals surface area contributed by atoms with Crippen LogP contribution in [0.5, 0.6) is 5.75 Å². The maximum absolute atomic E-state index is 15.2. The summed E-state index contributed by atoms with van der Waals surface area (Å²) in [6.07, 6.45) is 6.15. The monoisotopic (exact) mass is 569 g/mol. The van der Waals surface area contributed by atoms with Gasteiger partial charge in [0.25, 0.3) is 0 Å². The zero-order chi connectivity index (χ0) is 27.3. The second-order valence-corrected chi connectivity index (χ2v) is 10.9. The lowest BCUT2D eigenvalue weighted by Crippen LogP contribution is -2.74. The highest BCUT2D eigenvalue weighted by atomic mass is 35.5. The number of rotatable bonds is 6. The van der Waals surface area contributed by atoms with Crippen molar-refractivity contribution >= 4 is 45.8 Å². The van der Waals surface area contributed by atoms with Crippen LogP contribution in [-0.2, 0) is 4.79 Å². The van der Waals surface area contributed by atoms with Crippen LogP contribution in [0.25, 0.3) is 22.2 Å². The molecular formula is C27H26Cl2FN7O2. The van der Waals surface area contributed by atoms with Gasteiger partial charge in [-0.25, -0.2) is 9.37 Å². The number of aromatic amines is 1. The summed E-state index contributed by atoms with van der Waals surface area (Å²) in [6, 6.07) is 6.85. The first-order valence-electron chi connectivity index (χ1n) is 12.7. The van der Waals surface area contributed by atoms with Crippen molar-refractivity contribution in [3.8, 4) is 17.0 Å². The van der Waals surface area contributed by atoms with Crippen molar-refractivity contribution < 1.29 is 13.9 Å². The second kappa shape index (κ2) is 9.93. The summed E-state index contributed by atoms with van der Waals surface area (Å²) in [5.74, 6) is 0.145. The van der Waals surface area contributed by atoms with Gasteiger partial charge in [-0.2, -0.15) is 5.10 Å². The van der Waals surface area contributed by atoms with E-state index >= 15 is 4.39 Å². The Bertz CT molecular complexity index is 1550. The molecule has 2 aliphatic rings.